The molecule has 1 saturated heterocycles. The van der Waals surface area contributed by atoms with Gasteiger partial charge in [-0.3, -0.25) is 4.90 Å². The lowest BCUT2D eigenvalue weighted by Gasteiger charge is -2.39. The molecule has 0 amide bonds. The van der Waals surface area contributed by atoms with Crippen LogP contribution in [0.5, 0.6) is 0 Å². The number of nitrogens with one attached hydrogen (secondary N) is 1. The Morgan fingerprint density at radius 3 is 2.65 bits per heavy atom. The molecule has 2 N–H and O–H groups in total. The van der Waals surface area contributed by atoms with E-state index in [0.717, 1.165) is 18.9 Å². The zero-order chi connectivity index (χ0) is 12.1. The Bertz CT molecular complexity index is 216. The summed E-state index contributed by atoms with van der Waals surface area (Å²) in [7, 11) is 0. The van der Waals surface area contributed by atoms with Gasteiger partial charge in [0.15, 0.2) is 0 Å². The maximum absolute atomic E-state index is 10.1. The van der Waals surface area contributed by atoms with Crippen molar-refractivity contribution in [1.82, 2.24) is 10.2 Å². The molecule has 17 heavy (non-hydrogen) atoms. The van der Waals surface area contributed by atoms with E-state index in [0.29, 0.717) is 6.04 Å². The summed E-state index contributed by atoms with van der Waals surface area (Å²) in [6, 6.07) is 0.427. The van der Waals surface area contributed by atoms with Gasteiger partial charge in [-0.05, 0) is 51.2 Å². The predicted molar refractivity (Wildman–Crippen MR) is 71.1 cm³/mol. The minimum atomic E-state index is -0.0831. The maximum atomic E-state index is 10.1. The van der Waals surface area contributed by atoms with Crippen molar-refractivity contribution in [3.05, 3.63) is 0 Å². The van der Waals surface area contributed by atoms with E-state index in [1.54, 1.807) is 0 Å². The fourth-order valence-corrected chi connectivity index (χ4v) is 3.43. The lowest BCUT2D eigenvalue weighted by Crippen LogP contribution is -2.49. The van der Waals surface area contributed by atoms with Crippen molar-refractivity contribution in [2.75, 3.05) is 26.2 Å². The van der Waals surface area contributed by atoms with Gasteiger partial charge in [0, 0.05) is 12.6 Å². The van der Waals surface area contributed by atoms with E-state index < -0.39 is 0 Å². The van der Waals surface area contributed by atoms with Crippen molar-refractivity contribution in [3.63, 3.8) is 0 Å². The van der Waals surface area contributed by atoms with E-state index in [-0.39, 0.29) is 6.10 Å². The first-order valence-corrected chi connectivity index (χ1v) is 7.44. The lowest BCUT2D eigenvalue weighted by molar-refractivity contribution is 0.0134. The molecule has 3 heteroatoms. The summed E-state index contributed by atoms with van der Waals surface area (Å²) < 4.78 is 0. The van der Waals surface area contributed by atoms with Gasteiger partial charge in [0.25, 0.3) is 0 Å². The van der Waals surface area contributed by atoms with E-state index in [4.69, 9.17) is 0 Å². The van der Waals surface area contributed by atoms with Crippen LogP contribution in [-0.2, 0) is 0 Å². The Labute approximate surface area is 106 Å². The largest absolute Gasteiger partial charge is 0.391 e. The normalized spacial score (nSPS) is 35.1. The quantitative estimate of drug-likeness (QED) is 0.784. The van der Waals surface area contributed by atoms with Crippen LogP contribution in [-0.4, -0.2) is 48.3 Å². The van der Waals surface area contributed by atoms with Crippen molar-refractivity contribution < 1.29 is 5.11 Å². The van der Waals surface area contributed by atoms with Gasteiger partial charge in [-0.1, -0.05) is 19.8 Å². The Kier molecular flexibility index (Phi) is 5.26. The second-order valence-corrected chi connectivity index (χ2v) is 5.72. The third kappa shape index (κ3) is 3.67. The average Bonchev–Trinajstić information content (AvgIpc) is 2.38. The molecule has 3 unspecified atom stereocenters. The van der Waals surface area contributed by atoms with Crippen LogP contribution in [0.2, 0.25) is 0 Å². The highest BCUT2D eigenvalue weighted by molar-refractivity contribution is 4.84. The molecule has 100 valence electrons. The lowest BCUT2D eigenvalue weighted by atomic mass is 9.90. The van der Waals surface area contributed by atoms with Crippen molar-refractivity contribution in [3.8, 4) is 0 Å². The van der Waals surface area contributed by atoms with E-state index in [1.165, 1.54) is 51.7 Å². The van der Waals surface area contributed by atoms with Crippen LogP contribution in [0, 0.1) is 5.92 Å². The van der Waals surface area contributed by atoms with Gasteiger partial charge in [-0.2, -0.15) is 0 Å². The molecule has 3 nitrogen and oxygen atoms in total. The van der Waals surface area contributed by atoms with Gasteiger partial charge >= 0.3 is 0 Å². The Hall–Kier alpha value is -0.120. The van der Waals surface area contributed by atoms with Crippen LogP contribution >= 0.6 is 0 Å². The number of rotatable bonds is 4. The maximum Gasteiger partial charge on any atom is 0.0695 e. The second kappa shape index (κ2) is 6.72. The molecule has 0 bridgehead atoms. The number of aliphatic hydroxyl groups excluding tert-OH is 1. The van der Waals surface area contributed by atoms with E-state index >= 15 is 0 Å². The van der Waals surface area contributed by atoms with Crippen molar-refractivity contribution in [1.29, 1.82) is 0 Å². The van der Waals surface area contributed by atoms with Crippen molar-refractivity contribution in [2.45, 2.75) is 57.6 Å². The third-order valence-electron chi connectivity index (χ3n) is 4.46. The first-order valence-electron chi connectivity index (χ1n) is 7.44. The summed E-state index contributed by atoms with van der Waals surface area (Å²) in [6.45, 7) is 6.84. The van der Waals surface area contributed by atoms with E-state index in [1.807, 2.05) is 0 Å². The summed E-state index contributed by atoms with van der Waals surface area (Å²) in [5, 5.41) is 13.6. The number of aliphatic hydroxyl groups is 1. The number of likely N-dealkylation sites (N-methyl/N-ethyl adjacent to an activating group) is 1. The van der Waals surface area contributed by atoms with E-state index in [2.05, 4.69) is 17.1 Å². The topological polar surface area (TPSA) is 35.5 Å². The number of hydrogen-bond donors (Lipinski definition) is 2. The Balaban J connectivity index is 1.85. The van der Waals surface area contributed by atoms with Gasteiger partial charge in [0.05, 0.1) is 6.10 Å². The molecule has 0 radical (unpaired) electrons. The summed E-state index contributed by atoms with van der Waals surface area (Å²) in [6.07, 6.45) is 7.28. The first-order chi connectivity index (χ1) is 8.31. The van der Waals surface area contributed by atoms with Crippen LogP contribution < -0.4 is 5.32 Å². The highest BCUT2D eigenvalue weighted by atomic mass is 16.3. The molecule has 2 rings (SSSR count). The minimum Gasteiger partial charge on any atom is -0.391 e. The smallest absolute Gasteiger partial charge is 0.0695 e. The second-order valence-electron chi connectivity index (χ2n) is 5.72. The van der Waals surface area contributed by atoms with Crippen molar-refractivity contribution in [2.24, 2.45) is 5.92 Å². The predicted octanol–water partition coefficient (Wildman–Crippen LogP) is 1.61. The highest BCUT2D eigenvalue weighted by Gasteiger charge is 2.29. The molecule has 3 atom stereocenters. The molecule has 2 fully saturated rings. The summed E-state index contributed by atoms with van der Waals surface area (Å²) in [4.78, 5) is 2.53. The molecule has 1 saturated carbocycles. The zero-order valence-corrected chi connectivity index (χ0v) is 11.2. The number of hydrogen-bond acceptors (Lipinski definition) is 3. The summed E-state index contributed by atoms with van der Waals surface area (Å²) in [5.74, 6) is 0.790. The molecule has 0 aromatic rings. The minimum absolute atomic E-state index is 0.0831. The van der Waals surface area contributed by atoms with Gasteiger partial charge in [0.2, 0.25) is 0 Å². The van der Waals surface area contributed by atoms with Gasteiger partial charge in [0.1, 0.15) is 0 Å². The molecule has 0 spiro atoms. The van der Waals surface area contributed by atoms with Crippen LogP contribution in [0.15, 0.2) is 0 Å². The van der Waals surface area contributed by atoms with Crippen LogP contribution in [0.3, 0.4) is 0 Å². The molecular formula is C14H28N2O. The Morgan fingerprint density at radius 2 is 2.00 bits per heavy atom. The van der Waals surface area contributed by atoms with Crippen molar-refractivity contribution >= 4 is 0 Å². The fraction of sp³-hybridized carbons (Fsp3) is 1.00. The number of nitrogens with zero attached hydrogens (tertiary/aromatic N) is 1. The molecule has 1 aliphatic carbocycles. The molecule has 1 aliphatic heterocycles. The molecular weight excluding hydrogens is 212 g/mol. The first kappa shape index (κ1) is 13.3. The average molecular weight is 240 g/mol. The standard InChI is InChI=1S/C14H28N2O/c1-2-16(11-12-6-5-9-15-10-12)13-7-3-4-8-14(13)17/h12-15,17H,2-11H2,1H3. The summed E-state index contributed by atoms with van der Waals surface area (Å²) in [5.41, 5.74) is 0. The van der Waals surface area contributed by atoms with Crippen LogP contribution in [0.4, 0.5) is 0 Å². The molecule has 0 aromatic heterocycles. The van der Waals surface area contributed by atoms with Crippen LogP contribution in [0.25, 0.3) is 0 Å². The van der Waals surface area contributed by atoms with E-state index in [9.17, 15) is 5.11 Å². The van der Waals surface area contributed by atoms with Gasteiger partial charge < -0.3 is 10.4 Å². The molecule has 0 aromatic carbocycles. The number of piperidine rings is 1. The Morgan fingerprint density at radius 1 is 1.18 bits per heavy atom. The summed E-state index contributed by atoms with van der Waals surface area (Å²) >= 11 is 0. The van der Waals surface area contributed by atoms with Gasteiger partial charge in [-0.15, -0.1) is 0 Å². The monoisotopic (exact) mass is 240 g/mol. The third-order valence-corrected chi connectivity index (χ3v) is 4.46. The highest BCUT2D eigenvalue weighted by Crippen LogP contribution is 2.24. The fourth-order valence-electron chi connectivity index (χ4n) is 3.43. The van der Waals surface area contributed by atoms with Crippen LogP contribution in [0.1, 0.15) is 45.4 Å². The molecule has 2 aliphatic rings. The molecule has 1 heterocycles. The zero-order valence-electron chi connectivity index (χ0n) is 11.2. The SMILES string of the molecule is CCN(CC1CCCNC1)C1CCCCC1O. The van der Waals surface area contributed by atoms with Gasteiger partial charge in [-0.25, -0.2) is 0 Å².